The summed E-state index contributed by atoms with van der Waals surface area (Å²) in [7, 11) is 0. The molecule has 1 fully saturated rings. The van der Waals surface area contributed by atoms with Crippen LogP contribution in [0.2, 0.25) is 0 Å². The van der Waals surface area contributed by atoms with Gasteiger partial charge < -0.3 is 21.1 Å². The average Bonchev–Trinajstić information content (AvgIpc) is 3.23. The summed E-state index contributed by atoms with van der Waals surface area (Å²) in [6, 6.07) is -0.363. The molecule has 1 saturated heterocycles. The highest BCUT2D eigenvalue weighted by Crippen LogP contribution is 2.34. The molecule has 2 atom stereocenters. The molecule has 9 heteroatoms. The number of nitrogens with two attached hydrogens (primary N) is 1. The van der Waals surface area contributed by atoms with Gasteiger partial charge in [0.2, 0.25) is 0 Å². The molecule has 2 aliphatic rings. The second-order valence-corrected chi connectivity index (χ2v) is 6.69. The van der Waals surface area contributed by atoms with Crippen molar-refractivity contribution in [3.05, 3.63) is 28.7 Å². The third-order valence-electron chi connectivity index (χ3n) is 4.28. The quantitative estimate of drug-likeness (QED) is 0.767. The standard InChI is InChI=1S/C15H16FN5O2S/c16-12-7-3-19-15(22)11(7)13(10-4-18-6-24-10)21-14(12)20-9-1-2-23-5-8(9)17/h4,6,8-9H,1-3,5,17H2,(H,19,22)(H,20,21)/t8-,9+/m0/s1. The molecule has 2 aromatic rings. The number of carbonyl (C=O) groups excluding carboxylic acids is 1. The van der Waals surface area contributed by atoms with E-state index in [4.69, 9.17) is 10.5 Å². The molecule has 4 N–H and O–H groups in total. The molecular formula is C15H16FN5O2S. The van der Waals surface area contributed by atoms with Crippen LogP contribution in [0.15, 0.2) is 11.7 Å². The molecule has 24 heavy (non-hydrogen) atoms. The Morgan fingerprint density at radius 2 is 2.38 bits per heavy atom. The zero-order valence-electron chi connectivity index (χ0n) is 12.7. The number of amides is 1. The van der Waals surface area contributed by atoms with E-state index in [1.165, 1.54) is 11.3 Å². The molecule has 0 unspecified atom stereocenters. The van der Waals surface area contributed by atoms with Crippen LogP contribution in [0.4, 0.5) is 10.2 Å². The van der Waals surface area contributed by atoms with Gasteiger partial charge in [-0.15, -0.1) is 11.3 Å². The number of hydrogen-bond donors (Lipinski definition) is 3. The largest absolute Gasteiger partial charge is 0.380 e. The fourth-order valence-electron chi connectivity index (χ4n) is 3.00. The number of ether oxygens (including phenoxy) is 1. The Morgan fingerprint density at radius 1 is 1.50 bits per heavy atom. The number of carbonyl (C=O) groups is 1. The van der Waals surface area contributed by atoms with Crippen molar-refractivity contribution in [2.24, 2.45) is 5.73 Å². The second kappa shape index (κ2) is 6.08. The lowest BCUT2D eigenvalue weighted by Crippen LogP contribution is -2.48. The highest BCUT2D eigenvalue weighted by atomic mass is 32.1. The molecule has 1 amide bonds. The van der Waals surface area contributed by atoms with Gasteiger partial charge >= 0.3 is 0 Å². The smallest absolute Gasteiger partial charge is 0.254 e. The fraction of sp³-hybridized carbons (Fsp3) is 0.400. The first-order valence-corrected chi connectivity index (χ1v) is 8.52. The monoisotopic (exact) mass is 349 g/mol. The van der Waals surface area contributed by atoms with E-state index in [1.807, 2.05) is 0 Å². The molecule has 2 aliphatic heterocycles. The Labute approximate surface area is 141 Å². The van der Waals surface area contributed by atoms with Crippen molar-refractivity contribution in [1.29, 1.82) is 0 Å². The summed E-state index contributed by atoms with van der Waals surface area (Å²) < 4.78 is 20.2. The van der Waals surface area contributed by atoms with Gasteiger partial charge in [-0.25, -0.2) is 9.37 Å². The third-order valence-corrected chi connectivity index (χ3v) is 5.06. The van der Waals surface area contributed by atoms with E-state index in [2.05, 4.69) is 20.6 Å². The number of fused-ring (bicyclic) bond motifs is 1. The predicted octanol–water partition coefficient (Wildman–Crippen LogP) is 1.12. The van der Waals surface area contributed by atoms with Crippen molar-refractivity contribution in [2.75, 3.05) is 18.5 Å². The number of pyridine rings is 1. The molecule has 7 nitrogen and oxygen atoms in total. The number of anilines is 1. The highest BCUT2D eigenvalue weighted by Gasteiger charge is 2.32. The zero-order chi connectivity index (χ0) is 16.7. The molecule has 0 bridgehead atoms. The van der Waals surface area contributed by atoms with E-state index in [1.54, 1.807) is 11.7 Å². The molecule has 4 heterocycles. The van der Waals surface area contributed by atoms with E-state index in [-0.39, 0.29) is 30.4 Å². The van der Waals surface area contributed by atoms with Crippen molar-refractivity contribution < 1.29 is 13.9 Å². The predicted molar refractivity (Wildman–Crippen MR) is 87.3 cm³/mol. The van der Waals surface area contributed by atoms with Crippen LogP contribution in [0, 0.1) is 5.82 Å². The van der Waals surface area contributed by atoms with Crippen molar-refractivity contribution in [2.45, 2.75) is 25.0 Å². The number of rotatable bonds is 3. The Bertz CT molecular complexity index is 783. The van der Waals surface area contributed by atoms with E-state index in [0.29, 0.717) is 36.5 Å². The number of hydrogen-bond acceptors (Lipinski definition) is 7. The molecular weight excluding hydrogens is 333 g/mol. The van der Waals surface area contributed by atoms with E-state index < -0.39 is 5.82 Å². The van der Waals surface area contributed by atoms with Crippen molar-refractivity contribution in [1.82, 2.24) is 15.3 Å². The molecule has 0 saturated carbocycles. The summed E-state index contributed by atoms with van der Waals surface area (Å²) in [5, 5.41) is 5.76. The molecule has 4 rings (SSSR count). The minimum atomic E-state index is -0.504. The maximum absolute atomic E-state index is 14.8. The van der Waals surface area contributed by atoms with Gasteiger partial charge in [-0.2, -0.15) is 0 Å². The van der Waals surface area contributed by atoms with Gasteiger partial charge in [-0.05, 0) is 6.42 Å². The van der Waals surface area contributed by atoms with Crippen molar-refractivity contribution in [3.63, 3.8) is 0 Å². The second-order valence-electron chi connectivity index (χ2n) is 5.80. The van der Waals surface area contributed by atoms with Gasteiger partial charge in [-0.1, -0.05) is 0 Å². The first kappa shape index (κ1) is 15.4. The highest BCUT2D eigenvalue weighted by molar-refractivity contribution is 7.13. The summed E-state index contributed by atoms with van der Waals surface area (Å²) in [5.41, 5.74) is 8.76. The van der Waals surface area contributed by atoms with E-state index >= 15 is 0 Å². The van der Waals surface area contributed by atoms with Crippen LogP contribution < -0.4 is 16.4 Å². The Kier molecular flexibility index (Phi) is 3.91. The maximum Gasteiger partial charge on any atom is 0.254 e. The lowest BCUT2D eigenvalue weighted by molar-refractivity contribution is 0.0751. The molecule has 0 spiro atoms. The molecule has 0 aliphatic carbocycles. The summed E-state index contributed by atoms with van der Waals surface area (Å²) in [4.78, 5) is 21.2. The first-order valence-electron chi connectivity index (χ1n) is 7.64. The van der Waals surface area contributed by atoms with Crippen LogP contribution in [-0.4, -0.2) is 41.2 Å². The van der Waals surface area contributed by atoms with Crippen molar-refractivity contribution >= 4 is 23.1 Å². The van der Waals surface area contributed by atoms with Crippen LogP contribution >= 0.6 is 11.3 Å². The van der Waals surface area contributed by atoms with Crippen molar-refractivity contribution in [3.8, 4) is 10.6 Å². The molecule has 126 valence electrons. The lowest BCUT2D eigenvalue weighted by atomic mass is 10.0. The summed E-state index contributed by atoms with van der Waals surface area (Å²) >= 11 is 1.36. The number of halogens is 1. The van der Waals surface area contributed by atoms with E-state index in [9.17, 15) is 9.18 Å². The number of nitrogens with zero attached hydrogens (tertiary/aromatic N) is 2. The van der Waals surface area contributed by atoms with Gasteiger partial charge in [0.05, 0.1) is 28.3 Å². The van der Waals surface area contributed by atoms with Crippen LogP contribution in [0.25, 0.3) is 10.6 Å². The lowest BCUT2D eigenvalue weighted by Gasteiger charge is -2.30. The Hall–Kier alpha value is -2.10. The topological polar surface area (TPSA) is 102 Å². The molecule has 0 radical (unpaired) electrons. The zero-order valence-corrected chi connectivity index (χ0v) is 13.5. The van der Waals surface area contributed by atoms with Crippen LogP contribution in [0.5, 0.6) is 0 Å². The fourth-order valence-corrected chi connectivity index (χ4v) is 3.62. The molecule has 0 aromatic carbocycles. The molecule has 2 aromatic heterocycles. The number of nitrogens with one attached hydrogen (secondary N) is 2. The first-order chi connectivity index (χ1) is 11.6. The summed E-state index contributed by atoms with van der Waals surface area (Å²) in [6.45, 7) is 1.15. The normalized spacial score (nSPS) is 23.0. The van der Waals surface area contributed by atoms with Gasteiger partial charge in [0.1, 0.15) is 0 Å². The summed E-state index contributed by atoms with van der Waals surface area (Å²) in [5.74, 6) is -0.694. The van der Waals surface area contributed by atoms with Gasteiger partial charge in [0, 0.05) is 37.0 Å². The SMILES string of the molecule is N[C@H]1COCC[C@H]1Nc1nc(-c2cncs2)c2c(c1F)CNC2=O. The Morgan fingerprint density at radius 3 is 3.12 bits per heavy atom. The van der Waals surface area contributed by atoms with Crippen LogP contribution in [-0.2, 0) is 11.3 Å². The van der Waals surface area contributed by atoms with Gasteiger partial charge in [-0.3, -0.25) is 9.78 Å². The number of thiazole rings is 1. The van der Waals surface area contributed by atoms with E-state index in [0.717, 1.165) is 4.88 Å². The third kappa shape index (κ3) is 2.54. The Balaban J connectivity index is 1.78. The summed E-state index contributed by atoms with van der Waals surface area (Å²) in [6.07, 6.45) is 2.30. The average molecular weight is 349 g/mol. The minimum absolute atomic E-state index is 0.121. The van der Waals surface area contributed by atoms with Crippen LogP contribution in [0.1, 0.15) is 22.3 Å². The maximum atomic E-state index is 14.8. The number of aromatic nitrogens is 2. The minimum Gasteiger partial charge on any atom is -0.380 e. The van der Waals surface area contributed by atoms with Gasteiger partial charge in [0.15, 0.2) is 11.6 Å². The van der Waals surface area contributed by atoms with Crippen LogP contribution in [0.3, 0.4) is 0 Å². The van der Waals surface area contributed by atoms with Gasteiger partial charge in [0.25, 0.3) is 5.91 Å².